The van der Waals surface area contributed by atoms with Crippen LogP contribution in [0.5, 0.6) is 0 Å². The van der Waals surface area contributed by atoms with Gasteiger partial charge < -0.3 is 5.11 Å². The van der Waals surface area contributed by atoms with E-state index in [0.717, 1.165) is 21.5 Å². The van der Waals surface area contributed by atoms with Gasteiger partial charge in [0.1, 0.15) is 11.1 Å². The van der Waals surface area contributed by atoms with Gasteiger partial charge in [0.05, 0.1) is 5.52 Å². The van der Waals surface area contributed by atoms with Crippen molar-refractivity contribution in [3.63, 3.8) is 0 Å². The van der Waals surface area contributed by atoms with Gasteiger partial charge in [0.25, 0.3) is 0 Å². The molecular weight excluding hydrogens is 206 g/mol. The molecule has 0 bridgehead atoms. The summed E-state index contributed by atoms with van der Waals surface area (Å²) in [5, 5.41) is 13.6. The zero-order valence-corrected chi connectivity index (χ0v) is 8.74. The molecule has 0 spiro atoms. The van der Waals surface area contributed by atoms with E-state index in [1.54, 1.807) is 17.8 Å². The molecule has 0 fully saturated rings. The van der Waals surface area contributed by atoms with Crippen molar-refractivity contribution >= 4 is 22.7 Å². The lowest BCUT2D eigenvalue weighted by molar-refractivity contribution is 0.224. The Balaban J connectivity index is 2.30. The van der Waals surface area contributed by atoms with E-state index >= 15 is 0 Å². The van der Waals surface area contributed by atoms with E-state index in [1.165, 1.54) is 0 Å². The van der Waals surface area contributed by atoms with Gasteiger partial charge in [-0.05, 0) is 23.6 Å². The number of nitrogens with zero attached hydrogens (tertiary/aromatic N) is 1. The van der Waals surface area contributed by atoms with Crippen LogP contribution in [0.2, 0.25) is 0 Å². The van der Waals surface area contributed by atoms with Crippen molar-refractivity contribution in [1.82, 2.24) is 4.98 Å². The van der Waals surface area contributed by atoms with E-state index < -0.39 is 6.10 Å². The molecule has 1 aliphatic heterocycles. The number of rotatable bonds is 0. The van der Waals surface area contributed by atoms with Gasteiger partial charge in [0, 0.05) is 10.9 Å². The second-order valence-electron chi connectivity index (χ2n) is 3.47. The number of fused-ring (bicyclic) bond motifs is 2. The van der Waals surface area contributed by atoms with Crippen LogP contribution in [0.1, 0.15) is 11.7 Å². The Morgan fingerprint density at radius 2 is 2.13 bits per heavy atom. The standard InChI is InChI=1S/C12H9NOS/c14-11-5-6-15-12-9(11)7-8-3-1-2-4-10(8)13-12/h1-7,11,14H. The molecule has 0 saturated carbocycles. The van der Waals surface area contributed by atoms with Crippen LogP contribution in [0.15, 0.2) is 46.8 Å². The van der Waals surface area contributed by atoms with Crippen molar-refractivity contribution < 1.29 is 5.11 Å². The van der Waals surface area contributed by atoms with Crippen molar-refractivity contribution in [2.45, 2.75) is 11.1 Å². The number of hydrogen-bond donors (Lipinski definition) is 1. The van der Waals surface area contributed by atoms with Gasteiger partial charge in [-0.25, -0.2) is 4.98 Å². The molecule has 0 saturated heterocycles. The average molecular weight is 215 g/mol. The van der Waals surface area contributed by atoms with Crippen LogP contribution in [0, 0.1) is 0 Å². The molecule has 74 valence electrons. The summed E-state index contributed by atoms with van der Waals surface area (Å²) in [7, 11) is 0. The number of aliphatic hydroxyl groups excluding tert-OH is 1. The third-order valence-electron chi connectivity index (χ3n) is 2.48. The summed E-state index contributed by atoms with van der Waals surface area (Å²) in [5.74, 6) is 0. The van der Waals surface area contributed by atoms with E-state index in [1.807, 2.05) is 35.7 Å². The molecule has 0 aliphatic carbocycles. The maximum atomic E-state index is 9.78. The van der Waals surface area contributed by atoms with Crippen LogP contribution in [0.3, 0.4) is 0 Å². The van der Waals surface area contributed by atoms with Gasteiger partial charge in [-0.15, -0.1) is 0 Å². The first kappa shape index (κ1) is 8.95. The minimum atomic E-state index is -0.515. The molecule has 1 aromatic heterocycles. The third kappa shape index (κ3) is 1.44. The highest BCUT2D eigenvalue weighted by molar-refractivity contribution is 8.02. The Labute approximate surface area is 91.6 Å². The van der Waals surface area contributed by atoms with Crippen LogP contribution in [-0.2, 0) is 0 Å². The van der Waals surface area contributed by atoms with E-state index in [9.17, 15) is 5.11 Å². The maximum absolute atomic E-state index is 9.78. The fourth-order valence-corrected chi connectivity index (χ4v) is 2.53. The van der Waals surface area contributed by atoms with Gasteiger partial charge in [-0.2, -0.15) is 0 Å². The van der Waals surface area contributed by atoms with Gasteiger partial charge in [-0.1, -0.05) is 30.0 Å². The Kier molecular flexibility index (Phi) is 2.01. The molecule has 1 unspecified atom stereocenters. The number of aromatic nitrogens is 1. The van der Waals surface area contributed by atoms with E-state index in [2.05, 4.69) is 4.98 Å². The monoisotopic (exact) mass is 215 g/mol. The molecule has 1 N–H and O–H groups in total. The van der Waals surface area contributed by atoms with Crippen LogP contribution in [-0.4, -0.2) is 10.1 Å². The van der Waals surface area contributed by atoms with E-state index in [-0.39, 0.29) is 0 Å². The summed E-state index contributed by atoms with van der Waals surface area (Å²) >= 11 is 1.56. The second-order valence-corrected chi connectivity index (χ2v) is 4.36. The molecule has 0 radical (unpaired) electrons. The molecule has 0 amide bonds. The summed E-state index contributed by atoms with van der Waals surface area (Å²) < 4.78 is 0. The van der Waals surface area contributed by atoms with Crippen LogP contribution in [0.4, 0.5) is 0 Å². The topological polar surface area (TPSA) is 33.1 Å². The Hall–Kier alpha value is -1.32. The van der Waals surface area contributed by atoms with Gasteiger partial charge in [0.2, 0.25) is 0 Å². The second kappa shape index (κ2) is 3.36. The van der Waals surface area contributed by atoms with Crippen molar-refractivity contribution in [3.05, 3.63) is 47.4 Å². The SMILES string of the molecule is OC1C=CSc2nc3ccccc3cc21. The Bertz CT molecular complexity index is 550. The highest BCUT2D eigenvalue weighted by Crippen LogP contribution is 2.34. The van der Waals surface area contributed by atoms with Gasteiger partial charge >= 0.3 is 0 Å². The van der Waals surface area contributed by atoms with Crippen molar-refractivity contribution in [2.75, 3.05) is 0 Å². The zero-order valence-electron chi connectivity index (χ0n) is 7.92. The normalized spacial score (nSPS) is 19.1. The minimum Gasteiger partial charge on any atom is -0.384 e. The highest BCUT2D eigenvalue weighted by Gasteiger charge is 2.15. The molecule has 2 aromatic rings. The summed E-state index contributed by atoms with van der Waals surface area (Å²) in [6, 6.07) is 9.97. The van der Waals surface area contributed by atoms with Crippen LogP contribution < -0.4 is 0 Å². The molecule has 1 aromatic carbocycles. The molecular formula is C12H9NOS. The lowest BCUT2D eigenvalue weighted by Gasteiger charge is -2.15. The number of benzene rings is 1. The zero-order chi connectivity index (χ0) is 10.3. The molecule has 15 heavy (non-hydrogen) atoms. The van der Waals surface area contributed by atoms with E-state index in [4.69, 9.17) is 0 Å². The number of hydrogen-bond acceptors (Lipinski definition) is 3. The fourth-order valence-electron chi connectivity index (χ4n) is 1.70. The van der Waals surface area contributed by atoms with Crippen molar-refractivity contribution in [1.29, 1.82) is 0 Å². The predicted molar refractivity (Wildman–Crippen MR) is 61.7 cm³/mol. The summed E-state index contributed by atoms with van der Waals surface area (Å²) in [4.78, 5) is 4.52. The average Bonchev–Trinajstić information content (AvgIpc) is 2.27. The maximum Gasteiger partial charge on any atom is 0.107 e. The molecule has 3 rings (SSSR count). The first-order chi connectivity index (χ1) is 7.34. The van der Waals surface area contributed by atoms with Crippen molar-refractivity contribution in [3.8, 4) is 0 Å². The summed E-state index contributed by atoms with van der Waals surface area (Å²) in [5.41, 5.74) is 1.88. The molecule has 1 atom stereocenters. The molecule has 2 heterocycles. The third-order valence-corrected chi connectivity index (χ3v) is 3.32. The lowest BCUT2D eigenvalue weighted by atomic mass is 10.1. The number of para-hydroxylation sites is 1. The number of thioether (sulfide) groups is 1. The largest absolute Gasteiger partial charge is 0.384 e. The highest BCUT2D eigenvalue weighted by atomic mass is 32.2. The van der Waals surface area contributed by atoms with Gasteiger partial charge in [0.15, 0.2) is 0 Å². The molecule has 3 heteroatoms. The van der Waals surface area contributed by atoms with Crippen LogP contribution >= 0.6 is 11.8 Å². The molecule has 1 aliphatic rings. The van der Waals surface area contributed by atoms with Crippen LogP contribution in [0.25, 0.3) is 10.9 Å². The lowest BCUT2D eigenvalue weighted by Crippen LogP contribution is -2.01. The summed E-state index contributed by atoms with van der Waals surface area (Å²) in [6.45, 7) is 0. The minimum absolute atomic E-state index is 0.515. The summed E-state index contributed by atoms with van der Waals surface area (Å²) in [6.07, 6.45) is 1.27. The number of pyridine rings is 1. The Morgan fingerprint density at radius 1 is 1.27 bits per heavy atom. The van der Waals surface area contributed by atoms with E-state index in [0.29, 0.717) is 0 Å². The Morgan fingerprint density at radius 3 is 3.07 bits per heavy atom. The number of aliphatic hydroxyl groups is 1. The fraction of sp³-hybridized carbons (Fsp3) is 0.0833. The van der Waals surface area contributed by atoms with Crippen molar-refractivity contribution in [2.24, 2.45) is 0 Å². The first-order valence-corrected chi connectivity index (χ1v) is 5.63. The smallest absolute Gasteiger partial charge is 0.107 e. The van der Waals surface area contributed by atoms with Gasteiger partial charge in [-0.3, -0.25) is 0 Å². The predicted octanol–water partition coefficient (Wildman–Crippen LogP) is 2.89. The first-order valence-electron chi connectivity index (χ1n) is 4.76. The molecule has 2 nitrogen and oxygen atoms in total. The quantitative estimate of drug-likeness (QED) is 0.733.